The molecule has 3 rings (SSSR count). The molecule has 0 atom stereocenters. The quantitative estimate of drug-likeness (QED) is 0.775. The molecule has 0 bridgehead atoms. The smallest absolute Gasteiger partial charge is 0.0791 e. The van der Waals surface area contributed by atoms with Gasteiger partial charge in [-0.25, -0.2) is 0 Å². The summed E-state index contributed by atoms with van der Waals surface area (Å²) in [5.41, 5.74) is 9.72. The van der Waals surface area contributed by atoms with E-state index in [0.717, 1.165) is 25.1 Å². The Bertz CT molecular complexity index is 602. The van der Waals surface area contributed by atoms with E-state index in [1.165, 1.54) is 11.3 Å². The fourth-order valence-corrected chi connectivity index (χ4v) is 3.32. The lowest BCUT2D eigenvalue weighted by Crippen LogP contribution is -2.25. The molecule has 2 aromatic rings. The largest absolute Gasteiger partial charge is 0.399 e. The Hall–Kier alpha value is -1.38. The fourth-order valence-electron chi connectivity index (χ4n) is 2.61. The molecule has 0 radical (unpaired) electrons. The maximum atomic E-state index is 6.33. The lowest BCUT2D eigenvalue weighted by Gasteiger charge is -2.32. The summed E-state index contributed by atoms with van der Waals surface area (Å²) >= 11 is 12.7. The molecule has 0 saturated heterocycles. The van der Waals surface area contributed by atoms with Crippen LogP contribution in [0.2, 0.25) is 10.0 Å². The molecule has 4 heteroatoms. The van der Waals surface area contributed by atoms with Crippen molar-refractivity contribution in [2.45, 2.75) is 12.8 Å². The van der Waals surface area contributed by atoms with Crippen molar-refractivity contribution in [1.82, 2.24) is 0 Å². The van der Waals surface area contributed by atoms with Crippen LogP contribution in [-0.4, -0.2) is 6.54 Å². The lowest BCUT2D eigenvalue weighted by atomic mass is 10.0. The van der Waals surface area contributed by atoms with Crippen LogP contribution >= 0.6 is 23.2 Å². The summed E-state index contributed by atoms with van der Waals surface area (Å²) < 4.78 is 0. The van der Waals surface area contributed by atoms with Gasteiger partial charge in [0.1, 0.15) is 0 Å². The van der Waals surface area contributed by atoms with Gasteiger partial charge in [-0.3, -0.25) is 0 Å². The van der Waals surface area contributed by atoms with Gasteiger partial charge in [-0.15, -0.1) is 0 Å². The van der Waals surface area contributed by atoms with E-state index in [-0.39, 0.29) is 0 Å². The molecule has 0 spiro atoms. The zero-order chi connectivity index (χ0) is 13.4. The van der Waals surface area contributed by atoms with Crippen LogP contribution in [0.25, 0.3) is 0 Å². The zero-order valence-electron chi connectivity index (χ0n) is 10.4. The Morgan fingerprint density at radius 1 is 1.05 bits per heavy atom. The molecule has 1 heterocycles. The Kier molecular flexibility index (Phi) is 3.29. The highest BCUT2D eigenvalue weighted by molar-refractivity contribution is 6.39. The minimum absolute atomic E-state index is 0.587. The molecule has 0 aliphatic carbocycles. The molecule has 2 aromatic carbocycles. The van der Waals surface area contributed by atoms with Crippen molar-refractivity contribution in [3.8, 4) is 0 Å². The second kappa shape index (κ2) is 4.95. The van der Waals surface area contributed by atoms with Gasteiger partial charge in [-0.1, -0.05) is 41.4 Å². The van der Waals surface area contributed by atoms with Crippen molar-refractivity contribution >= 4 is 40.3 Å². The minimum atomic E-state index is 0.587. The average molecular weight is 293 g/mol. The van der Waals surface area contributed by atoms with Crippen molar-refractivity contribution in [2.75, 3.05) is 17.2 Å². The van der Waals surface area contributed by atoms with E-state index in [1.807, 2.05) is 6.07 Å². The molecule has 0 fully saturated rings. The topological polar surface area (TPSA) is 29.3 Å². The molecule has 0 amide bonds. The first-order valence-corrected chi connectivity index (χ1v) is 7.02. The van der Waals surface area contributed by atoms with Crippen molar-refractivity contribution in [3.63, 3.8) is 0 Å². The Labute approximate surface area is 122 Å². The van der Waals surface area contributed by atoms with E-state index in [0.29, 0.717) is 15.7 Å². The van der Waals surface area contributed by atoms with E-state index < -0.39 is 0 Å². The molecule has 0 aromatic heterocycles. The Morgan fingerprint density at radius 3 is 2.47 bits per heavy atom. The summed E-state index contributed by atoms with van der Waals surface area (Å²) in [4.78, 5) is 2.18. The molecular formula is C15H14Cl2N2. The van der Waals surface area contributed by atoms with Crippen LogP contribution in [0.1, 0.15) is 12.0 Å². The lowest BCUT2D eigenvalue weighted by molar-refractivity contribution is 0.767. The van der Waals surface area contributed by atoms with E-state index >= 15 is 0 Å². The Morgan fingerprint density at radius 2 is 1.74 bits per heavy atom. The summed E-state index contributed by atoms with van der Waals surface area (Å²) in [6.45, 7) is 0.917. The van der Waals surface area contributed by atoms with Gasteiger partial charge in [0, 0.05) is 17.9 Å². The van der Waals surface area contributed by atoms with E-state index in [4.69, 9.17) is 28.9 Å². The number of halogens is 2. The van der Waals surface area contributed by atoms with E-state index in [1.54, 1.807) is 12.1 Å². The third-order valence-electron chi connectivity index (χ3n) is 3.42. The van der Waals surface area contributed by atoms with Crippen LogP contribution in [0.3, 0.4) is 0 Å². The van der Waals surface area contributed by atoms with E-state index in [9.17, 15) is 0 Å². The number of fused-ring (bicyclic) bond motifs is 1. The molecule has 98 valence electrons. The van der Waals surface area contributed by atoms with Crippen molar-refractivity contribution in [1.29, 1.82) is 0 Å². The van der Waals surface area contributed by atoms with Gasteiger partial charge in [-0.2, -0.15) is 0 Å². The van der Waals surface area contributed by atoms with Crippen LogP contribution in [-0.2, 0) is 6.42 Å². The zero-order valence-corrected chi connectivity index (χ0v) is 11.9. The van der Waals surface area contributed by atoms with Crippen molar-refractivity contribution in [2.24, 2.45) is 0 Å². The molecule has 1 aliphatic heterocycles. The number of nitrogens with two attached hydrogens (primary N) is 1. The summed E-state index contributed by atoms with van der Waals surface area (Å²) in [6.07, 6.45) is 2.19. The third kappa shape index (κ3) is 2.26. The summed E-state index contributed by atoms with van der Waals surface area (Å²) in [5.74, 6) is 0. The van der Waals surface area contributed by atoms with Gasteiger partial charge in [0.05, 0.1) is 15.7 Å². The maximum Gasteiger partial charge on any atom is 0.0791 e. The van der Waals surface area contributed by atoms with Gasteiger partial charge < -0.3 is 10.6 Å². The Balaban J connectivity index is 2.14. The number of hydrogen-bond donors (Lipinski definition) is 1. The van der Waals surface area contributed by atoms with Gasteiger partial charge in [0.15, 0.2) is 0 Å². The molecule has 2 nitrogen and oxygen atoms in total. The molecule has 0 saturated carbocycles. The molecule has 1 aliphatic rings. The van der Waals surface area contributed by atoms with Gasteiger partial charge in [-0.05, 0) is 36.6 Å². The molecule has 2 N–H and O–H groups in total. The van der Waals surface area contributed by atoms with E-state index in [2.05, 4.69) is 23.1 Å². The fraction of sp³-hybridized carbons (Fsp3) is 0.200. The minimum Gasteiger partial charge on any atom is -0.399 e. The van der Waals surface area contributed by atoms with Crippen molar-refractivity contribution < 1.29 is 0 Å². The number of para-hydroxylation sites is 1. The maximum absolute atomic E-state index is 6.33. The summed E-state index contributed by atoms with van der Waals surface area (Å²) in [6, 6.07) is 11.9. The molecular weight excluding hydrogens is 279 g/mol. The summed E-state index contributed by atoms with van der Waals surface area (Å²) in [7, 11) is 0. The SMILES string of the molecule is Nc1cc(Cl)c(N2CCCc3ccccc32)c(Cl)c1. The first kappa shape index (κ1) is 12.6. The average Bonchev–Trinajstić information content (AvgIpc) is 2.38. The highest BCUT2D eigenvalue weighted by Gasteiger charge is 2.22. The summed E-state index contributed by atoms with van der Waals surface area (Å²) in [5, 5.41) is 1.20. The van der Waals surface area contributed by atoms with Crippen LogP contribution in [0.4, 0.5) is 17.1 Å². The van der Waals surface area contributed by atoms with Gasteiger partial charge >= 0.3 is 0 Å². The predicted molar refractivity (Wildman–Crippen MR) is 82.6 cm³/mol. The second-order valence-corrected chi connectivity index (χ2v) is 5.53. The van der Waals surface area contributed by atoms with Crippen molar-refractivity contribution in [3.05, 3.63) is 52.0 Å². The first-order chi connectivity index (χ1) is 9.16. The second-order valence-electron chi connectivity index (χ2n) is 4.72. The van der Waals surface area contributed by atoms with Gasteiger partial charge in [0.2, 0.25) is 0 Å². The standard InChI is InChI=1S/C15H14Cl2N2/c16-12-8-11(18)9-13(17)15(12)19-7-3-5-10-4-1-2-6-14(10)19/h1-2,4,6,8-9H,3,5,7,18H2. The highest BCUT2D eigenvalue weighted by atomic mass is 35.5. The number of hydrogen-bond acceptors (Lipinski definition) is 2. The predicted octanol–water partition coefficient (Wildman–Crippen LogP) is 4.66. The number of nitrogen functional groups attached to an aromatic ring is 1. The van der Waals surface area contributed by atoms with Crippen LogP contribution < -0.4 is 10.6 Å². The first-order valence-electron chi connectivity index (χ1n) is 6.27. The highest BCUT2D eigenvalue weighted by Crippen LogP contribution is 2.42. The normalized spacial score (nSPS) is 14.3. The van der Waals surface area contributed by atoms with Gasteiger partial charge in [0.25, 0.3) is 0 Å². The number of rotatable bonds is 1. The monoisotopic (exact) mass is 292 g/mol. The molecule has 19 heavy (non-hydrogen) atoms. The number of nitrogens with zero attached hydrogens (tertiary/aromatic N) is 1. The van der Waals surface area contributed by atoms with Crippen LogP contribution in [0.5, 0.6) is 0 Å². The number of anilines is 3. The third-order valence-corrected chi connectivity index (χ3v) is 4.00. The van der Waals surface area contributed by atoms with Crippen LogP contribution in [0, 0.1) is 0 Å². The molecule has 0 unspecified atom stereocenters. The number of aryl methyl sites for hydroxylation is 1. The van der Waals surface area contributed by atoms with Crippen LogP contribution in [0.15, 0.2) is 36.4 Å². The number of benzene rings is 2.